The second-order valence-corrected chi connectivity index (χ2v) is 3.99. The van der Waals surface area contributed by atoms with E-state index in [1.165, 1.54) is 19.1 Å². The van der Waals surface area contributed by atoms with Crippen LogP contribution in [0.5, 0.6) is 5.75 Å². The summed E-state index contributed by atoms with van der Waals surface area (Å²) in [6, 6.07) is 10.1. The van der Waals surface area contributed by atoms with Gasteiger partial charge in [-0.2, -0.15) is 0 Å². The van der Waals surface area contributed by atoms with Gasteiger partial charge in [0.05, 0.1) is 7.11 Å². The van der Waals surface area contributed by atoms with Crippen LogP contribution in [-0.2, 0) is 5.92 Å². The zero-order chi connectivity index (χ0) is 12.5. The van der Waals surface area contributed by atoms with Crippen molar-refractivity contribution in [2.75, 3.05) is 7.11 Å². The molecule has 90 valence electrons. The SMILES string of the molecule is CCC(F)(F)c1ccc2cc(OC)ccc2c1. The molecule has 17 heavy (non-hydrogen) atoms. The molecule has 0 saturated heterocycles. The predicted molar refractivity (Wildman–Crippen MR) is 64.7 cm³/mol. The third-order valence-electron chi connectivity index (χ3n) is 2.91. The molecule has 0 bridgehead atoms. The summed E-state index contributed by atoms with van der Waals surface area (Å²) >= 11 is 0. The summed E-state index contributed by atoms with van der Waals surface area (Å²) in [5.41, 5.74) is 0.0673. The average Bonchev–Trinajstić information content (AvgIpc) is 2.37. The maximum Gasteiger partial charge on any atom is 0.273 e. The lowest BCUT2D eigenvalue weighted by atomic mass is 10.0. The van der Waals surface area contributed by atoms with Gasteiger partial charge in [-0.15, -0.1) is 0 Å². The van der Waals surface area contributed by atoms with Gasteiger partial charge >= 0.3 is 0 Å². The minimum atomic E-state index is -2.76. The molecule has 2 rings (SSSR count). The van der Waals surface area contributed by atoms with Gasteiger partial charge in [0, 0.05) is 12.0 Å². The number of benzene rings is 2. The molecule has 0 fully saturated rings. The van der Waals surface area contributed by atoms with E-state index in [1.807, 2.05) is 6.07 Å². The van der Waals surface area contributed by atoms with Crippen molar-refractivity contribution in [3.05, 3.63) is 42.0 Å². The van der Waals surface area contributed by atoms with Crippen LogP contribution in [0.25, 0.3) is 10.8 Å². The van der Waals surface area contributed by atoms with Gasteiger partial charge in [0.2, 0.25) is 0 Å². The van der Waals surface area contributed by atoms with Gasteiger partial charge in [-0.3, -0.25) is 0 Å². The summed E-state index contributed by atoms with van der Waals surface area (Å²) in [6.07, 6.45) is -0.186. The first-order chi connectivity index (χ1) is 8.06. The fourth-order valence-electron chi connectivity index (χ4n) is 1.78. The lowest BCUT2D eigenvalue weighted by molar-refractivity contribution is -0.00815. The predicted octanol–water partition coefficient (Wildman–Crippen LogP) is 4.35. The Kier molecular flexibility index (Phi) is 3.01. The minimum absolute atomic E-state index is 0.0673. The Labute approximate surface area is 99.0 Å². The molecule has 0 aliphatic rings. The summed E-state index contributed by atoms with van der Waals surface area (Å²) in [5.74, 6) is -2.03. The molecule has 0 aliphatic heterocycles. The van der Waals surface area contributed by atoms with Gasteiger partial charge in [-0.25, -0.2) is 8.78 Å². The van der Waals surface area contributed by atoms with E-state index in [2.05, 4.69) is 0 Å². The van der Waals surface area contributed by atoms with Crippen LogP contribution >= 0.6 is 0 Å². The quantitative estimate of drug-likeness (QED) is 0.769. The van der Waals surface area contributed by atoms with Crippen LogP contribution in [0.3, 0.4) is 0 Å². The van der Waals surface area contributed by atoms with Gasteiger partial charge in [0.1, 0.15) is 5.75 Å². The van der Waals surface area contributed by atoms with Crippen molar-refractivity contribution in [3.8, 4) is 5.75 Å². The average molecular weight is 236 g/mol. The summed E-state index contributed by atoms with van der Waals surface area (Å²) in [5, 5.41) is 1.71. The molecule has 0 amide bonds. The topological polar surface area (TPSA) is 9.23 Å². The van der Waals surface area contributed by atoms with E-state index >= 15 is 0 Å². The molecule has 0 unspecified atom stereocenters. The Hall–Kier alpha value is -1.64. The molecule has 0 radical (unpaired) electrons. The highest BCUT2D eigenvalue weighted by atomic mass is 19.3. The van der Waals surface area contributed by atoms with Crippen LogP contribution in [0.15, 0.2) is 36.4 Å². The molecule has 0 N–H and O–H groups in total. The third kappa shape index (κ3) is 2.23. The van der Waals surface area contributed by atoms with Crippen LogP contribution < -0.4 is 4.74 Å². The highest BCUT2D eigenvalue weighted by Gasteiger charge is 2.28. The Morgan fingerprint density at radius 3 is 2.35 bits per heavy atom. The van der Waals surface area contributed by atoms with Crippen molar-refractivity contribution >= 4 is 10.8 Å². The number of hydrogen-bond donors (Lipinski definition) is 0. The normalized spacial score (nSPS) is 11.8. The Morgan fingerprint density at radius 2 is 1.71 bits per heavy atom. The van der Waals surface area contributed by atoms with E-state index in [0.717, 1.165) is 16.5 Å². The number of alkyl halides is 2. The molecule has 2 aromatic rings. The lowest BCUT2D eigenvalue weighted by Crippen LogP contribution is -2.10. The fourth-order valence-corrected chi connectivity index (χ4v) is 1.78. The van der Waals surface area contributed by atoms with Crippen molar-refractivity contribution in [3.63, 3.8) is 0 Å². The van der Waals surface area contributed by atoms with Crippen LogP contribution in [0, 0.1) is 0 Å². The smallest absolute Gasteiger partial charge is 0.273 e. The summed E-state index contributed by atoms with van der Waals surface area (Å²) in [4.78, 5) is 0. The van der Waals surface area contributed by atoms with Crippen molar-refractivity contribution in [1.29, 1.82) is 0 Å². The molecule has 0 heterocycles. The largest absolute Gasteiger partial charge is 0.497 e. The first-order valence-corrected chi connectivity index (χ1v) is 5.53. The number of hydrogen-bond acceptors (Lipinski definition) is 1. The second-order valence-electron chi connectivity index (χ2n) is 3.99. The van der Waals surface area contributed by atoms with E-state index in [0.29, 0.717) is 0 Å². The summed E-state index contributed by atoms with van der Waals surface area (Å²) in [6.45, 7) is 1.48. The molecule has 3 heteroatoms. The van der Waals surface area contributed by atoms with Gasteiger partial charge in [0.15, 0.2) is 0 Å². The summed E-state index contributed by atoms with van der Waals surface area (Å²) < 4.78 is 32.2. The van der Waals surface area contributed by atoms with E-state index in [1.54, 1.807) is 25.3 Å². The highest BCUT2D eigenvalue weighted by Crippen LogP contribution is 2.33. The number of fused-ring (bicyclic) bond motifs is 1. The molecule has 1 nitrogen and oxygen atoms in total. The molecule has 0 atom stereocenters. The zero-order valence-electron chi connectivity index (χ0n) is 9.84. The standard InChI is InChI=1S/C14H14F2O/c1-3-14(15,16)12-6-4-11-9-13(17-2)7-5-10(11)8-12/h4-9H,3H2,1-2H3. The second kappa shape index (κ2) is 4.32. The van der Waals surface area contributed by atoms with Crippen molar-refractivity contribution in [1.82, 2.24) is 0 Å². The first-order valence-electron chi connectivity index (χ1n) is 5.53. The maximum atomic E-state index is 13.5. The van der Waals surface area contributed by atoms with Gasteiger partial charge in [-0.1, -0.05) is 25.1 Å². The van der Waals surface area contributed by atoms with Gasteiger partial charge in [0.25, 0.3) is 5.92 Å². The van der Waals surface area contributed by atoms with E-state index < -0.39 is 5.92 Å². The van der Waals surface area contributed by atoms with Crippen molar-refractivity contribution < 1.29 is 13.5 Å². The molecular formula is C14H14F2O. The van der Waals surface area contributed by atoms with Gasteiger partial charge < -0.3 is 4.74 Å². The molecule has 0 spiro atoms. The van der Waals surface area contributed by atoms with E-state index in [4.69, 9.17) is 4.74 Å². The Bertz CT molecular complexity index is 535. The number of halogens is 2. The number of rotatable bonds is 3. The molecule has 2 aromatic carbocycles. The number of ether oxygens (including phenoxy) is 1. The molecule has 0 aliphatic carbocycles. The molecule has 0 aromatic heterocycles. The zero-order valence-corrected chi connectivity index (χ0v) is 9.84. The van der Waals surface area contributed by atoms with Crippen LogP contribution in [0.2, 0.25) is 0 Å². The van der Waals surface area contributed by atoms with E-state index in [9.17, 15) is 8.78 Å². The maximum absolute atomic E-state index is 13.5. The highest BCUT2D eigenvalue weighted by molar-refractivity contribution is 5.84. The van der Waals surface area contributed by atoms with Crippen LogP contribution in [0.1, 0.15) is 18.9 Å². The molecular weight excluding hydrogens is 222 g/mol. The molecule has 0 saturated carbocycles. The van der Waals surface area contributed by atoms with E-state index in [-0.39, 0.29) is 12.0 Å². The van der Waals surface area contributed by atoms with Crippen LogP contribution in [0.4, 0.5) is 8.78 Å². The fraction of sp³-hybridized carbons (Fsp3) is 0.286. The number of methoxy groups -OCH3 is 1. The first kappa shape index (κ1) is 11.8. The monoisotopic (exact) mass is 236 g/mol. The third-order valence-corrected chi connectivity index (χ3v) is 2.91. The minimum Gasteiger partial charge on any atom is -0.497 e. The Balaban J connectivity index is 2.52. The summed E-state index contributed by atoms with van der Waals surface area (Å²) in [7, 11) is 1.58. The van der Waals surface area contributed by atoms with Crippen LogP contribution in [-0.4, -0.2) is 7.11 Å². The lowest BCUT2D eigenvalue weighted by Gasteiger charge is -2.15. The van der Waals surface area contributed by atoms with Crippen molar-refractivity contribution in [2.24, 2.45) is 0 Å². The van der Waals surface area contributed by atoms with Gasteiger partial charge in [-0.05, 0) is 29.0 Å². The van der Waals surface area contributed by atoms with Crippen molar-refractivity contribution in [2.45, 2.75) is 19.3 Å². The Morgan fingerprint density at radius 1 is 1.06 bits per heavy atom.